The Hall–Kier alpha value is -2.69. The third kappa shape index (κ3) is 2.37. The van der Waals surface area contributed by atoms with Gasteiger partial charge in [-0.2, -0.15) is 0 Å². The zero-order chi connectivity index (χ0) is 16.7. The highest BCUT2D eigenvalue weighted by Gasteiger charge is 2.37. The molecule has 2 aromatic rings. The molecule has 0 spiro atoms. The molecule has 0 N–H and O–H groups in total. The van der Waals surface area contributed by atoms with Crippen LogP contribution in [0, 0.1) is 0 Å². The van der Waals surface area contributed by atoms with Crippen molar-refractivity contribution in [1.82, 2.24) is 9.88 Å². The fourth-order valence-corrected chi connectivity index (χ4v) is 3.71. The van der Waals surface area contributed by atoms with Crippen LogP contribution in [0.3, 0.4) is 0 Å². The molecule has 4 rings (SSSR count). The molecular weight excluding hydrogens is 302 g/mol. The first kappa shape index (κ1) is 14.9. The highest BCUT2D eigenvalue weighted by atomic mass is 16.2. The van der Waals surface area contributed by atoms with Crippen molar-refractivity contribution in [1.29, 1.82) is 0 Å². The molecule has 3 heterocycles. The topological polar surface area (TPSA) is 53.5 Å². The first-order valence-electron chi connectivity index (χ1n) is 8.23. The minimum atomic E-state index is -0.434. The fourth-order valence-electron chi connectivity index (χ4n) is 3.71. The Balaban J connectivity index is 1.67. The Bertz CT molecular complexity index is 818. The summed E-state index contributed by atoms with van der Waals surface area (Å²) < 4.78 is 0. The van der Waals surface area contributed by atoms with Gasteiger partial charge >= 0.3 is 0 Å². The van der Waals surface area contributed by atoms with E-state index in [1.807, 2.05) is 35.4 Å². The monoisotopic (exact) mass is 321 g/mol. The molecule has 0 fully saturated rings. The molecule has 0 radical (unpaired) electrons. The maximum Gasteiger partial charge on any atom is 0.250 e. The highest BCUT2D eigenvalue weighted by Crippen LogP contribution is 2.30. The molecule has 2 aliphatic heterocycles. The molecule has 1 atom stereocenters. The molecule has 5 nitrogen and oxygen atoms in total. The van der Waals surface area contributed by atoms with Crippen LogP contribution in [0.2, 0.25) is 0 Å². The van der Waals surface area contributed by atoms with Gasteiger partial charge in [-0.1, -0.05) is 24.3 Å². The van der Waals surface area contributed by atoms with Gasteiger partial charge in [0.15, 0.2) is 0 Å². The molecular formula is C19H19N3O2. The number of fused-ring (bicyclic) bond motifs is 2. The summed E-state index contributed by atoms with van der Waals surface area (Å²) >= 11 is 0. The summed E-state index contributed by atoms with van der Waals surface area (Å²) in [6, 6.07) is 9.49. The molecule has 0 saturated heterocycles. The molecule has 0 saturated carbocycles. The summed E-state index contributed by atoms with van der Waals surface area (Å²) in [6.45, 7) is 2.69. The first-order chi connectivity index (χ1) is 11.6. The van der Waals surface area contributed by atoms with Crippen LogP contribution in [-0.4, -0.2) is 34.3 Å². The van der Waals surface area contributed by atoms with E-state index in [1.165, 1.54) is 6.92 Å². The second kappa shape index (κ2) is 5.74. The van der Waals surface area contributed by atoms with Crippen molar-refractivity contribution in [3.63, 3.8) is 0 Å². The molecule has 2 amide bonds. The van der Waals surface area contributed by atoms with Crippen molar-refractivity contribution < 1.29 is 9.59 Å². The van der Waals surface area contributed by atoms with E-state index in [-0.39, 0.29) is 11.8 Å². The molecule has 5 heteroatoms. The third-order valence-electron chi connectivity index (χ3n) is 4.98. The van der Waals surface area contributed by atoms with Gasteiger partial charge in [-0.05, 0) is 29.2 Å². The lowest BCUT2D eigenvalue weighted by molar-refractivity contribution is -0.139. The van der Waals surface area contributed by atoms with Gasteiger partial charge < -0.3 is 9.80 Å². The lowest BCUT2D eigenvalue weighted by atomic mass is 9.93. The Morgan fingerprint density at radius 2 is 1.92 bits per heavy atom. The number of nitrogens with zero attached hydrogens (tertiary/aromatic N) is 3. The summed E-state index contributed by atoms with van der Waals surface area (Å²) in [4.78, 5) is 33.0. The smallest absolute Gasteiger partial charge is 0.250 e. The number of hydrogen-bond donors (Lipinski definition) is 0. The zero-order valence-corrected chi connectivity index (χ0v) is 13.6. The van der Waals surface area contributed by atoms with Gasteiger partial charge in [0.2, 0.25) is 11.8 Å². The summed E-state index contributed by atoms with van der Waals surface area (Å²) in [6.07, 6.45) is 4.93. The van der Waals surface area contributed by atoms with Crippen LogP contribution in [0.1, 0.15) is 23.6 Å². The van der Waals surface area contributed by atoms with E-state index >= 15 is 0 Å². The van der Waals surface area contributed by atoms with Gasteiger partial charge in [0.1, 0.15) is 6.04 Å². The maximum absolute atomic E-state index is 13.2. The number of carbonyl (C=O) groups excluding carboxylic acids is 2. The quantitative estimate of drug-likeness (QED) is 0.807. The minimum Gasteiger partial charge on any atom is -0.326 e. The van der Waals surface area contributed by atoms with E-state index in [0.29, 0.717) is 19.5 Å². The third-order valence-corrected chi connectivity index (χ3v) is 4.98. The SMILES string of the molecule is CC(=O)N1Cc2ccccc2C[C@H]1C(=O)N1CCc2cnccc21. The number of benzene rings is 1. The van der Waals surface area contributed by atoms with Crippen molar-refractivity contribution in [3.8, 4) is 0 Å². The first-order valence-corrected chi connectivity index (χ1v) is 8.23. The van der Waals surface area contributed by atoms with Gasteiger partial charge in [-0.3, -0.25) is 14.6 Å². The van der Waals surface area contributed by atoms with E-state index in [9.17, 15) is 9.59 Å². The van der Waals surface area contributed by atoms with Crippen LogP contribution in [0.15, 0.2) is 42.7 Å². The molecule has 0 aliphatic carbocycles. The number of anilines is 1. The standard InChI is InChI=1S/C19H19N3O2/c1-13(23)22-12-16-5-3-2-4-14(16)10-18(22)19(24)21-9-7-15-11-20-8-6-17(15)21/h2-6,8,11,18H,7,9-10,12H2,1H3/t18-/m0/s1. The van der Waals surface area contributed by atoms with Crippen LogP contribution in [0.5, 0.6) is 0 Å². The number of rotatable bonds is 1. The molecule has 24 heavy (non-hydrogen) atoms. The highest BCUT2D eigenvalue weighted by molar-refractivity contribution is 6.00. The summed E-state index contributed by atoms with van der Waals surface area (Å²) in [5.74, 6) is -0.0540. The fraction of sp³-hybridized carbons (Fsp3) is 0.316. The van der Waals surface area contributed by atoms with Crippen molar-refractivity contribution in [2.24, 2.45) is 0 Å². The molecule has 1 aromatic carbocycles. The van der Waals surface area contributed by atoms with Crippen LogP contribution >= 0.6 is 0 Å². The van der Waals surface area contributed by atoms with Crippen molar-refractivity contribution in [2.45, 2.75) is 32.4 Å². The average molecular weight is 321 g/mol. The lowest BCUT2D eigenvalue weighted by Crippen LogP contribution is -2.53. The van der Waals surface area contributed by atoms with E-state index in [2.05, 4.69) is 11.1 Å². The summed E-state index contributed by atoms with van der Waals surface area (Å²) in [7, 11) is 0. The number of carbonyl (C=O) groups is 2. The zero-order valence-electron chi connectivity index (χ0n) is 13.6. The van der Waals surface area contributed by atoms with Gasteiger partial charge in [0.25, 0.3) is 0 Å². The number of aromatic nitrogens is 1. The molecule has 2 aliphatic rings. The predicted octanol–water partition coefficient (Wildman–Crippen LogP) is 1.94. The van der Waals surface area contributed by atoms with Gasteiger partial charge in [0.05, 0.1) is 5.69 Å². The Kier molecular flexibility index (Phi) is 3.56. The average Bonchev–Trinajstić information content (AvgIpc) is 3.04. The predicted molar refractivity (Wildman–Crippen MR) is 90.5 cm³/mol. The Morgan fingerprint density at radius 1 is 1.12 bits per heavy atom. The summed E-state index contributed by atoms with van der Waals surface area (Å²) in [5, 5.41) is 0. The van der Waals surface area contributed by atoms with Gasteiger partial charge in [-0.25, -0.2) is 0 Å². The lowest BCUT2D eigenvalue weighted by Gasteiger charge is -2.37. The Labute approximate surface area is 140 Å². The van der Waals surface area contributed by atoms with Crippen molar-refractivity contribution in [2.75, 3.05) is 11.4 Å². The van der Waals surface area contributed by atoms with E-state index in [4.69, 9.17) is 0 Å². The minimum absolute atomic E-state index is 0.00431. The molecule has 0 bridgehead atoms. The number of hydrogen-bond acceptors (Lipinski definition) is 3. The van der Waals surface area contributed by atoms with E-state index in [1.54, 1.807) is 11.1 Å². The maximum atomic E-state index is 13.2. The van der Waals surface area contributed by atoms with Crippen molar-refractivity contribution in [3.05, 3.63) is 59.4 Å². The molecule has 122 valence electrons. The number of pyridine rings is 1. The Morgan fingerprint density at radius 3 is 2.71 bits per heavy atom. The largest absolute Gasteiger partial charge is 0.326 e. The van der Waals surface area contributed by atoms with Gasteiger partial charge in [-0.15, -0.1) is 0 Å². The van der Waals surface area contributed by atoms with Crippen LogP contribution in [0.4, 0.5) is 5.69 Å². The number of amides is 2. The van der Waals surface area contributed by atoms with Gasteiger partial charge in [0, 0.05) is 38.8 Å². The second-order valence-corrected chi connectivity index (χ2v) is 6.38. The summed E-state index contributed by atoms with van der Waals surface area (Å²) in [5.41, 5.74) is 4.30. The molecule has 1 aromatic heterocycles. The molecule has 0 unspecified atom stereocenters. The second-order valence-electron chi connectivity index (χ2n) is 6.38. The van der Waals surface area contributed by atoms with Crippen LogP contribution in [0.25, 0.3) is 0 Å². The van der Waals surface area contributed by atoms with Crippen molar-refractivity contribution >= 4 is 17.5 Å². The van der Waals surface area contributed by atoms with Crippen LogP contribution in [-0.2, 0) is 29.0 Å². The van der Waals surface area contributed by atoms with Crippen LogP contribution < -0.4 is 4.90 Å². The normalized spacial score (nSPS) is 19.0. The van der Waals surface area contributed by atoms with E-state index < -0.39 is 6.04 Å². The van der Waals surface area contributed by atoms with E-state index in [0.717, 1.165) is 28.8 Å².